The summed E-state index contributed by atoms with van der Waals surface area (Å²) in [5.74, 6) is -0.618. The molecule has 0 saturated carbocycles. The van der Waals surface area contributed by atoms with Crippen LogP contribution >= 0.6 is 15.9 Å². The SMILES string of the molecule is Cc1cc(C(F)(F)F)n2nc(C(=O)N3CCN(S(=O)(=O)c4cnn(C)c4C)CC3)c(Br)c2n1. The van der Waals surface area contributed by atoms with Crippen LogP contribution in [0.3, 0.4) is 0 Å². The minimum atomic E-state index is -4.69. The molecule has 0 unspecified atom stereocenters. The lowest BCUT2D eigenvalue weighted by Gasteiger charge is -2.33. The number of aromatic nitrogens is 5. The van der Waals surface area contributed by atoms with Gasteiger partial charge in [-0.2, -0.15) is 27.7 Å². The maximum Gasteiger partial charge on any atom is 0.433 e. The average Bonchev–Trinajstić information content (AvgIpc) is 3.26. The van der Waals surface area contributed by atoms with E-state index in [0.29, 0.717) is 10.2 Å². The molecular weight excluding hydrogens is 531 g/mol. The number of carbonyl (C=O) groups is 1. The Morgan fingerprint density at radius 2 is 1.79 bits per heavy atom. The monoisotopic (exact) mass is 549 g/mol. The molecule has 0 spiro atoms. The van der Waals surface area contributed by atoms with E-state index in [1.54, 1.807) is 14.0 Å². The third kappa shape index (κ3) is 4.01. The Morgan fingerprint density at radius 3 is 2.33 bits per heavy atom. The van der Waals surface area contributed by atoms with Gasteiger partial charge in [-0.15, -0.1) is 0 Å². The number of amides is 1. The van der Waals surface area contributed by atoms with Crippen LogP contribution in [0.15, 0.2) is 21.6 Å². The highest BCUT2D eigenvalue weighted by Gasteiger charge is 2.37. The third-order valence-electron chi connectivity index (χ3n) is 5.49. The van der Waals surface area contributed by atoms with Crippen molar-refractivity contribution >= 4 is 37.5 Å². The summed E-state index contributed by atoms with van der Waals surface area (Å²) in [6.07, 6.45) is -3.41. The normalized spacial score (nSPS) is 16.0. The molecule has 1 saturated heterocycles. The first kappa shape index (κ1) is 23.6. The van der Waals surface area contributed by atoms with Gasteiger partial charge in [0, 0.05) is 38.9 Å². The van der Waals surface area contributed by atoms with Gasteiger partial charge < -0.3 is 4.90 Å². The molecule has 1 fully saturated rings. The lowest BCUT2D eigenvalue weighted by molar-refractivity contribution is -0.142. The molecule has 178 valence electrons. The summed E-state index contributed by atoms with van der Waals surface area (Å²) < 4.78 is 69.6. The summed E-state index contributed by atoms with van der Waals surface area (Å²) in [7, 11) is -2.16. The molecular formula is C18H19BrF3N7O3S. The number of rotatable bonds is 3. The number of aryl methyl sites for hydroxylation is 2. The lowest BCUT2D eigenvalue weighted by atomic mass is 10.3. The molecule has 10 nitrogen and oxygen atoms in total. The second kappa shape index (κ2) is 8.06. The molecule has 0 N–H and O–H groups in total. The van der Waals surface area contributed by atoms with Crippen LogP contribution in [0.1, 0.15) is 27.6 Å². The van der Waals surface area contributed by atoms with E-state index in [-0.39, 0.29) is 52.6 Å². The third-order valence-corrected chi connectivity index (χ3v) is 8.22. The largest absolute Gasteiger partial charge is 0.433 e. The smallest absolute Gasteiger partial charge is 0.335 e. The topological polar surface area (TPSA) is 106 Å². The van der Waals surface area contributed by atoms with Gasteiger partial charge in [0.2, 0.25) is 10.0 Å². The van der Waals surface area contributed by atoms with Gasteiger partial charge >= 0.3 is 6.18 Å². The fourth-order valence-corrected chi connectivity index (χ4v) is 5.72. The Morgan fingerprint density at radius 1 is 1.15 bits per heavy atom. The number of alkyl halides is 3. The van der Waals surface area contributed by atoms with Crippen LogP contribution in [-0.2, 0) is 23.2 Å². The van der Waals surface area contributed by atoms with Crippen LogP contribution in [0.2, 0.25) is 0 Å². The summed E-state index contributed by atoms with van der Waals surface area (Å²) in [6.45, 7) is 3.22. The van der Waals surface area contributed by atoms with Gasteiger partial charge in [0.05, 0.1) is 16.4 Å². The van der Waals surface area contributed by atoms with E-state index < -0.39 is 27.8 Å². The molecule has 0 aromatic carbocycles. The molecule has 3 aromatic rings. The van der Waals surface area contributed by atoms with Crippen molar-refractivity contribution in [2.75, 3.05) is 26.2 Å². The molecule has 1 amide bonds. The summed E-state index contributed by atoms with van der Waals surface area (Å²) in [6, 6.07) is 0.852. The predicted octanol–water partition coefficient (Wildman–Crippen LogP) is 2.01. The van der Waals surface area contributed by atoms with Crippen molar-refractivity contribution in [3.8, 4) is 0 Å². The number of sulfonamides is 1. The van der Waals surface area contributed by atoms with E-state index in [2.05, 4.69) is 31.1 Å². The fraction of sp³-hybridized carbons (Fsp3) is 0.444. The highest BCUT2D eigenvalue weighted by molar-refractivity contribution is 9.10. The van der Waals surface area contributed by atoms with Crippen molar-refractivity contribution in [1.82, 2.24) is 33.6 Å². The highest BCUT2D eigenvalue weighted by Crippen LogP contribution is 2.33. The second-order valence-corrected chi connectivity index (χ2v) is 10.3. The molecule has 0 radical (unpaired) electrons. The first-order chi connectivity index (χ1) is 15.3. The molecule has 0 atom stereocenters. The average molecular weight is 550 g/mol. The zero-order valence-corrected chi connectivity index (χ0v) is 20.2. The van der Waals surface area contributed by atoms with E-state index in [1.807, 2.05) is 0 Å². The Kier molecular flexibility index (Phi) is 5.77. The van der Waals surface area contributed by atoms with Crippen LogP contribution in [0.4, 0.5) is 13.2 Å². The van der Waals surface area contributed by atoms with E-state index in [1.165, 1.54) is 27.0 Å². The quantitative estimate of drug-likeness (QED) is 0.494. The molecule has 33 heavy (non-hydrogen) atoms. The number of hydrogen-bond acceptors (Lipinski definition) is 6. The van der Waals surface area contributed by atoms with Gasteiger partial charge in [-0.3, -0.25) is 9.48 Å². The minimum absolute atomic E-state index is 0.0263. The maximum atomic E-state index is 13.5. The van der Waals surface area contributed by atoms with Crippen molar-refractivity contribution < 1.29 is 26.4 Å². The Bertz CT molecular complexity index is 1360. The van der Waals surface area contributed by atoms with E-state index in [0.717, 1.165) is 6.07 Å². The zero-order valence-electron chi connectivity index (χ0n) is 17.8. The first-order valence-electron chi connectivity index (χ1n) is 9.73. The van der Waals surface area contributed by atoms with Crippen molar-refractivity contribution in [3.05, 3.63) is 39.5 Å². The zero-order chi connectivity index (χ0) is 24.3. The number of nitrogens with zero attached hydrogens (tertiary/aromatic N) is 7. The van der Waals surface area contributed by atoms with E-state index in [4.69, 9.17) is 0 Å². The highest BCUT2D eigenvalue weighted by atomic mass is 79.9. The van der Waals surface area contributed by atoms with Crippen LogP contribution < -0.4 is 0 Å². The van der Waals surface area contributed by atoms with Crippen molar-refractivity contribution in [1.29, 1.82) is 0 Å². The standard InChI is InChI=1S/C18H19BrF3N7O3S/c1-10-8-13(18(20,21)22)29-16(24-10)14(19)15(25-29)17(30)27-4-6-28(7-5-27)33(31,32)12-9-23-26(3)11(12)2/h8-9H,4-7H2,1-3H3. The summed E-state index contributed by atoms with van der Waals surface area (Å²) in [5, 5.41) is 7.84. The van der Waals surface area contributed by atoms with Gasteiger partial charge in [0.15, 0.2) is 11.3 Å². The first-order valence-corrected chi connectivity index (χ1v) is 12.0. The molecule has 1 aliphatic rings. The minimum Gasteiger partial charge on any atom is -0.335 e. The second-order valence-electron chi connectivity index (χ2n) is 7.59. The number of piperazine rings is 1. The summed E-state index contributed by atoms with van der Waals surface area (Å²) in [5.41, 5.74) is -0.784. The van der Waals surface area contributed by atoms with Crippen LogP contribution in [-0.4, -0.2) is 74.1 Å². The summed E-state index contributed by atoms with van der Waals surface area (Å²) >= 11 is 3.16. The molecule has 4 rings (SSSR count). The number of hydrogen-bond donors (Lipinski definition) is 0. The Balaban J connectivity index is 1.58. The number of fused-ring (bicyclic) bond motifs is 1. The Hall–Kier alpha value is -2.52. The van der Waals surface area contributed by atoms with Gasteiger partial charge in [-0.25, -0.2) is 17.9 Å². The maximum absolute atomic E-state index is 13.5. The Labute approximate surface area is 195 Å². The lowest BCUT2D eigenvalue weighted by Crippen LogP contribution is -2.50. The fourth-order valence-electron chi connectivity index (χ4n) is 3.60. The molecule has 3 aromatic heterocycles. The van der Waals surface area contributed by atoms with Gasteiger partial charge in [0.25, 0.3) is 5.91 Å². The van der Waals surface area contributed by atoms with E-state index >= 15 is 0 Å². The van der Waals surface area contributed by atoms with Gasteiger partial charge in [-0.05, 0) is 35.8 Å². The molecule has 15 heteroatoms. The predicted molar refractivity (Wildman–Crippen MR) is 113 cm³/mol. The van der Waals surface area contributed by atoms with Crippen molar-refractivity contribution in [2.24, 2.45) is 7.05 Å². The van der Waals surface area contributed by atoms with Crippen LogP contribution in [0, 0.1) is 13.8 Å². The van der Waals surface area contributed by atoms with E-state index in [9.17, 15) is 26.4 Å². The molecule has 1 aliphatic heterocycles. The number of carbonyl (C=O) groups excluding carboxylic acids is 1. The number of halogens is 4. The van der Waals surface area contributed by atoms with Gasteiger partial charge in [-0.1, -0.05) is 0 Å². The van der Waals surface area contributed by atoms with Crippen molar-refractivity contribution in [2.45, 2.75) is 24.9 Å². The van der Waals surface area contributed by atoms with Crippen molar-refractivity contribution in [3.63, 3.8) is 0 Å². The molecule has 0 bridgehead atoms. The summed E-state index contributed by atoms with van der Waals surface area (Å²) in [4.78, 5) is 18.6. The molecule has 0 aliphatic carbocycles. The van der Waals surface area contributed by atoms with Gasteiger partial charge in [0.1, 0.15) is 10.6 Å². The van der Waals surface area contributed by atoms with Crippen LogP contribution in [0.25, 0.3) is 5.65 Å². The van der Waals surface area contributed by atoms with Crippen LogP contribution in [0.5, 0.6) is 0 Å². The molecule has 4 heterocycles.